The molecule has 2 heterocycles. The van der Waals surface area contributed by atoms with Gasteiger partial charge in [0.15, 0.2) is 0 Å². The molecule has 1 unspecified atom stereocenters. The van der Waals surface area contributed by atoms with Gasteiger partial charge in [0.05, 0.1) is 29.7 Å². The van der Waals surface area contributed by atoms with Gasteiger partial charge in [-0.3, -0.25) is 13.9 Å². The van der Waals surface area contributed by atoms with E-state index in [1.54, 1.807) is 24.3 Å². The second-order valence-electron chi connectivity index (χ2n) is 6.57. The molecule has 8 nitrogen and oxygen atoms in total. The third-order valence-electron chi connectivity index (χ3n) is 4.85. The number of carboxylic acid groups (broad SMARTS) is 1. The molecule has 0 aromatic heterocycles. The average Bonchev–Trinajstić information content (AvgIpc) is 2.85. The van der Waals surface area contributed by atoms with Crippen LogP contribution in [0.2, 0.25) is 0 Å². The molecule has 1 amide bonds. The Labute approximate surface area is 156 Å². The highest BCUT2D eigenvalue weighted by atomic mass is 32.2. The van der Waals surface area contributed by atoms with Crippen LogP contribution in [-0.4, -0.2) is 62.6 Å². The van der Waals surface area contributed by atoms with Gasteiger partial charge in [0.2, 0.25) is 5.91 Å². The number of carbonyl (C=O) groups excluding carboxylic acids is 1. The van der Waals surface area contributed by atoms with E-state index in [4.69, 9.17) is 9.84 Å². The number of hydrogen-bond acceptors (Lipinski definition) is 5. The minimum atomic E-state index is -3.80. The summed E-state index contributed by atoms with van der Waals surface area (Å²) in [5, 5.41) is 10.3. The number of carbonyl (C=O) groups is 2. The van der Waals surface area contributed by atoms with Crippen LogP contribution in [0.4, 0.5) is 5.69 Å². The lowest BCUT2D eigenvalue weighted by Crippen LogP contribution is -2.50. The van der Waals surface area contributed by atoms with E-state index in [0.717, 1.165) is 9.69 Å². The summed E-state index contributed by atoms with van der Waals surface area (Å²) in [6.07, 6.45) is -0.785. The molecule has 1 atom stereocenters. The van der Waals surface area contributed by atoms with Crippen LogP contribution in [0.25, 0.3) is 10.8 Å². The van der Waals surface area contributed by atoms with E-state index in [0.29, 0.717) is 17.6 Å². The fraction of sp³-hybridized carbons (Fsp3) is 0.333. The molecule has 27 heavy (non-hydrogen) atoms. The summed E-state index contributed by atoms with van der Waals surface area (Å²) in [5.74, 6) is -1.37. The first-order chi connectivity index (χ1) is 12.9. The summed E-state index contributed by atoms with van der Waals surface area (Å²) in [4.78, 5) is 25.3. The lowest BCUT2D eigenvalue weighted by Gasteiger charge is -2.33. The standard InChI is InChI=1S/C18H18N2O6S/c21-16(19-7-8-26-13(10-19)9-17(22)23)11-20-14-5-1-3-12-4-2-6-15(18(12)14)27(20,24)25/h1-6,13H,7-11H2,(H,22,23). The van der Waals surface area contributed by atoms with E-state index in [2.05, 4.69) is 0 Å². The van der Waals surface area contributed by atoms with E-state index in [1.807, 2.05) is 12.1 Å². The molecule has 0 spiro atoms. The normalized spacial score (nSPS) is 20.8. The van der Waals surface area contributed by atoms with E-state index in [1.165, 1.54) is 4.90 Å². The molecule has 2 aliphatic rings. The molecule has 4 rings (SSSR count). The van der Waals surface area contributed by atoms with E-state index in [-0.39, 0.29) is 36.9 Å². The zero-order valence-corrected chi connectivity index (χ0v) is 15.2. The van der Waals surface area contributed by atoms with Gasteiger partial charge in [-0.05, 0) is 17.5 Å². The maximum absolute atomic E-state index is 12.9. The lowest BCUT2D eigenvalue weighted by atomic mass is 10.1. The number of amides is 1. The first-order valence-corrected chi connectivity index (χ1v) is 9.97. The number of carboxylic acids is 1. The van der Waals surface area contributed by atoms with Crippen molar-refractivity contribution in [3.8, 4) is 0 Å². The lowest BCUT2D eigenvalue weighted by molar-refractivity contribution is -0.147. The monoisotopic (exact) mass is 390 g/mol. The number of benzene rings is 2. The predicted molar refractivity (Wildman–Crippen MR) is 97.1 cm³/mol. The van der Waals surface area contributed by atoms with Gasteiger partial charge in [-0.15, -0.1) is 0 Å². The van der Waals surface area contributed by atoms with Crippen molar-refractivity contribution < 1.29 is 27.9 Å². The largest absolute Gasteiger partial charge is 0.481 e. The zero-order valence-electron chi connectivity index (χ0n) is 14.4. The van der Waals surface area contributed by atoms with Gasteiger partial charge < -0.3 is 14.7 Å². The Bertz CT molecular complexity index is 1030. The number of aliphatic carboxylic acids is 1. The highest BCUT2D eigenvalue weighted by Crippen LogP contribution is 2.41. The van der Waals surface area contributed by atoms with Crippen molar-refractivity contribution in [2.75, 3.05) is 30.5 Å². The quantitative estimate of drug-likeness (QED) is 0.837. The number of anilines is 1. The van der Waals surface area contributed by atoms with Crippen molar-refractivity contribution >= 4 is 38.4 Å². The van der Waals surface area contributed by atoms with Crippen LogP contribution < -0.4 is 4.31 Å². The molecule has 1 N–H and O–H groups in total. The summed E-state index contributed by atoms with van der Waals surface area (Å²) in [6.45, 7) is 0.346. The van der Waals surface area contributed by atoms with Gasteiger partial charge >= 0.3 is 5.97 Å². The molecule has 2 aromatic carbocycles. The van der Waals surface area contributed by atoms with Gasteiger partial charge in [-0.1, -0.05) is 24.3 Å². The molecule has 2 aliphatic heterocycles. The number of rotatable bonds is 4. The third-order valence-corrected chi connectivity index (χ3v) is 6.66. The van der Waals surface area contributed by atoms with Crippen LogP contribution in [-0.2, 0) is 24.3 Å². The SMILES string of the molecule is O=C(O)CC1CN(C(=O)CN2c3cccc4cccc(c34)S2(=O)=O)CCO1. The maximum Gasteiger partial charge on any atom is 0.306 e. The smallest absolute Gasteiger partial charge is 0.306 e. The van der Waals surface area contributed by atoms with Crippen molar-refractivity contribution in [2.24, 2.45) is 0 Å². The Morgan fingerprint density at radius 2 is 1.93 bits per heavy atom. The Morgan fingerprint density at radius 1 is 1.19 bits per heavy atom. The van der Waals surface area contributed by atoms with Crippen molar-refractivity contribution in [3.63, 3.8) is 0 Å². The highest BCUT2D eigenvalue weighted by molar-refractivity contribution is 7.93. The highest BCUT2D eigenvalue weighted by Gasteiger charge is 2.38. The Kier molecular flexibility index (Phi) is 4.27. The fourth-order valence-electron chi connectivity index (χ4n) is 3.62. The summed E-state index contributed by atoms with van der Waals surface area (Å²) < 4.78 is 32.4. The Hall–Kier alpha value is -2.65. The number of morpholine rings is 1. The van der Waals surface area contributed by atoms with E-state index < -0.39 is 22.1 Å². The van der Waals surface area contributed by atoms with Gasteiger partial charge in [-0.25, -0.2) is 8.42 Å². The topological polar surface area (TPSA) is 104 Å². The molecular formula is C18H18N2O6S. The van der Waals surface area contributed by atoms with Crippen LogP contribution in [0.3, 0.4) is 0 Å². The summed E-state index contributed by atoms with van der Waals surface area (Å²) in [5.41, 5.74) is 0.492. The van der Waals surface area contributed by atoms with Crippen molar-refractivity contribution in [2.45, 2.75) is 17.4 Å². The molecule has 0 radical (unpaired) electrons. The van der Waals surface area contributed by atoms with E-state index in [9.17, 15) is 18.0 Å². The van der Waals surface area contributed by atoms with Crippen LogP contribution in [0.5, 0.6) is 0 Å². The molecule has 2 aromatic rings. The van der Waals surface area contributed by atoms with Gasteiger partial charge in [-0.2, -0.15) is 0 Å². The predicted octanol–water partition coefficient (Wildman–Crippen LogP) is 1.05. The van der Waals surface area contributed by atoms with Gasteiger partial charge in [0, 0.05) is 18.5 Å². The third kappa shape index (κ3) is 3.02. The summed E-state index contributed by atoms with van der Waals surface area (Å²) in [6, 6.07) is 10.4. The second kappa shape index (κ2) is 6.50. The number of sulfonamides is 1. The fourth-order valence-corrected chi connectivity index (χ4v) is 5.28. The molecule has 0 bridgehead atoms. The van der Waals surface area contributed by atoms with Crippen molar-refractivity contribution in [1.29, 1.82) is 0 Å². The Balaban J connectivity index is 1.59. The minimum Gasteiger partial charge on any atom is -0.481 e. The molecule has 1 fully saturated rings. The van der Waals surface area contributed by atoms with Gasteiger partial charge in [0.1, 0.15) is 6.54 Å². The number of nitrogens with zero attached hydrogens (tertiary/aromatic N) is 2. The molecule has 1 saturated heterocycles. The average molecular weight is 390 g/mol. The summed E-state index contributed by atoms with van der Waals surface area (Å²) >= 11 is 0. The Morgan fingerprint density at radius 3 is 2.67 bits per heavy atom. The van der Waals surface area contributed by atoms with Crippen molar-refractivity contribution in [3.05, 3.63) is 36.4 Å². The molecule has 142 valence electrons. The van der Waals surface area contributed by atoms with Crippen LogP contribution in [0, 0.1) is 0 Å². The first kappa shape index (κ1) is 17.7. The molecule has 0 saturated carbocycles. The molecule has 0 aliphatic carbocycles. The minimum absolute atomic E-state index is 0.135. The first-order valence-electron chi connectivity index (χ1n) is 8.53. The molecule has 9 heteroatoms. The van der Waals surface area contributed by atoms with Crippen molar-refractivity contribution in [1.82, 2.24) is 4.90 Å². The van der Waals surface area contributed by atoms with Crippen LogP contribution in [0.1, 0.15) is 6.42 Å². The van der Waals surface area contributed by atoms with E-state index >= 15 is 0 Å². The second-order valence-corrected chi connectivity index (χ2v) is 8.40. The number of ether oxygens (including phenoxy) is 1. The number of hydrogen-bond donors (Lipinski definition) is 1. The van der Waals surface area contributed by atoms with Gasteiger partial charge in [0.25, 0.3) is 10.0 Å². The van der Waals surface area contributed by atoms with Crippen LogP contribution >= 0.6 is 0 Å². The zero-order chi connectivity index (χ0) is 19.2. The maximum atomic E-state index is 12.9. The summed E-state index contributed by atoms with van der Waals surface area (Å²) in [7, 11) is -3.80. The van der Waals surface area contributed by atoms with Crippen LogP contribution in [0.15, 0.2) is 41.3 Å². The molecular weight excluding hydrogens is 372 g/mol.